The number of esters is 1. The first-order valence-corrected chi connectivity index (χ1v) is 14.4. The Morgan fingerprint density at radius 2 is 1.78 bits per heavy atom. The molecule has 0 radical (unpaired) electrons. The van der Waals surface area contributed by atoms with Crippen LogP contribution in [-0.2, 0) is 22.5 Å². The van der Waals surface area contributed by atoms with Crippen molar-refractivity contribution in [2.75, 3.05) is 25.3 Å². The van der Waals surface area contributed by atoms with Gasteiger partial charge in [0.15, 0.2) is 11.0 Å². The van der Waals surface area contributed by atoms with Gasteiger partial charge in [-0.15, -0.1) is 32.9 Å². The van der Waals surface area contributed by atoms with E-state index in [0.717, 1.165) is 23.4 Å². The fourth-order valence-electron chi connectivity index (χ4n) is 4.02. The summed E-state index contributed by atoms with van der Waals surface area (Å²) < 4.78 is 12.3. The number of aryl methyl sites for hydroxylation is 1. The fraction of sp³-hybridized carbons (Fsp3) is 0.308. The predicted molar refractivity (Wildman–Crippen MR) is 150 cm³/mol. The van der Waals surface area contributed by atoms with Crippen molar-refractivity contribution in [2.24, 2.45) is 0 Å². The molecule has 4 aromatic rings. The van der Waals surface area contributed by atoms with Crippen LogP contribution in [0.4, 0.5) is 5.00 Å². The summed E-state index contributed by atoms with van der Waals surface area (Å²) in [5, 5.41) is 16.8. The van der Waals surface area contributed by atoms with Crippen molar-refractivity contribution in [2.45, 2.75) is 38.9 Å². The van der Waals surface area contributed by atoms with Gasteiger partial charge in [-0.25, -0.2) is 4.79 Å². The number of nitrogens with zero attached hydrogens (tertiary/aromatic N) is 3. The highest BCUT2D eigenvalue weighted by atomic mass is 32.2. The van der Waals surface area contributed by atoms with Gasteiger partial charge in [-0.05, 0) is 43.5 Å². The number of amides is 1. The molecule has 8 nitrogen and oxygen atoms in total. The van der Waals surface area contributed by atoms with Gasteiger partial charge in [0.25, 0.3) is 0 Å². The van der Waals surface area contributed by atoms with Crippen LogP contribution < -0.4 is 10.1 Å². The van der Waals surface area contributed by atoms with Crippen LogP contribution in [0.15, 0.2) is 40.2 Å². The zero-order chi connectivity index (χ0) is 26.5. The van der Waals surface area contributed by atoms with E-state index < -0.39 is 5.97 Å². The van der Waals surface area contributed by atoms with Crippen molar-refractivity contribution in [1.29, 1.82) is 0 Å². The molecule has 0 bridgehead atoms. The molecule has 1 aromatic carbocycles. The number of anilines is 1. The van der Waals surface area contributed by atoms with E-state index in [0.29, 0.717) is 33.6 Å². The number of hydrogen-bond donors (Lipinski definition) is 1. The first-order chi connectivity index (χ1) is 17.9. The highest BCUT2D eigenvalue weighted by Gasteiger charge is 2.23. The summed E-state index contributed by atoms with van der Waals surface area (Å²) in [6, 6.07) is 7.37. The Morgan fingerprint density at radius 1 is 1.05 bits per heavy atom. The maximum Gasteiger partial charge on any atom is 0.341 e. The van der Waals surface area contributed by atoms with E-state index in [4.69, 9.17) is 9.47 Å². The van der Waals surface area contributed by atoms with Gasteiger partial charge in [0.2, 0.25) is 5.91 Å². The topological polar surface area (TPSA) is 95.3 Å². The molecule has 3 aromatic heterocycles. The second-order valence-corrected chi connectivity index (χ2v) is 10.9. The molecule has 4 rings (SSSR count). The summed E-state index contributed by atoms with van der Waals surface area (Å²) >= 11 is 4.31. The Morgan fingerprint density at radius 3 is 2.43 bits per heavy atom. The van der Waals surface area contributed by atoms with Gasteiger partial charge in [-0.3, -0.25) is 4.79 Å². The molecule has 0 aliphatic carbocycles. The van der Waals surface area contributed by atoms with Gasteiger partial charge in [0.05, 0.1) is 20.0 Å². The molecule has 194 valence electrons. The molecule has 1 amide bonds. The number of carbonyl (C=O) groups excluding carboxylic acids is 2. The summed E-state index contributed by atoms with van der Waals surface area (Å²) in [4.78, 5) is 26.8. The Bertz CT molecular complexity index is 1410. The molecule has 1 N–H and O–H groups in total. The van der Waals surface area contributed by atoms with Crippen LogP contribution in [0.2, 0.25) is 0 Å². The quantitative estimate of drug-likeness (QED) is 0.185. The Kier molecular flexibility index (Phi) is 8.67. The predicted octanol–water partition coefficient (Wildman–Crippen LogP) is 6.15. The third-order valence-electron chi connectivity index (χ3n) is 5.90. The van der Waals surface area contributed by atoms with Crippen LogP contribution in [-0.4, -0.2) is 46.6 Å². The largest absolute Gasteiger partial charge is 0.497 e. The minimum Gasteiger partial charge on any atom is -0.497 e. The van der Waals surface area contributed by atoms with Gasteiger partial charge in [0.1, 0.15) is 16.3 Å². The van der Waals surface area contributed by atoms with Gasteiger partial charge >= 0.3 is 5.97 Å². The van der Waals surface area contributed by atoms with Crippen LogP contribution in [0, 0.1) is 6.92 Å². The molecule has 0 saturated heterocycles. The molecule has 3 heterocycles. The van der Waals surface area contributed by atoms with Crippen LogP contribution in [0.3, 0.4) is 0 Å². The lowest BCUT2D eigenvalue weighted by atomic mass is 10.0. The molecule has 0 unspecified atom stereocenters. The average molecular weight is 557 g/mol. The monoisotopic (exact) mass is 556 g/mol. The van der Waals surface area contributed by atoms with Gasteiger partial charge < -0.3 is 19.4 Å². The fourth-order valence-corrected chi connectivity index (χ4v) is 6.73. The standard InChI is InChI=1S/C26H28N4O4S3/c1-6-18-15(3)35-13-20(18)23-28-29-26(30(23)7-2)37-14-21(31)27-24-22(25(32)34-5)19(12-36-24)16-8-10-17(33-4)11-9-16/h8-13H,6-7,14H2,1-5H3,(H,27,31). The van der Waals surface area contributed by atoms with E-state index in [-0.39, 0.29) is 11.7 Å². The zero-order valence-corrected chi connectivity index (χ0v) is 23.7. The maximum atomic E-state index is 12.9. The Balaban J connectivity index is 1.51. The Hall–Kier alpha value is -3.15. The number of nitrogens with one attached hydrogen (secondary N) is 1. The van der Waals surface area contributed by atoms with Gasteiger partial charge in [-0.1, -0.05) is 30.8 Å². The van der Waals surface area contributed by atoms with Crippen molar-refractivity contribution in [3.63, 3.8) is 0 Å². The van der Waals surface area contributed by atoms with E-state index in [1.54, 1.807) is 18.4 Å². The van der Waals surface area contributed by atoms with Crippen molar-refractivity contribution >= 4 is 51.3 Å². The van der Waals surface area contributed by atoms with E-state index in [9.17, 15) is 9.59 Å². The van der Waals surface area contributed by atoms with Crippen LogP contribution in [0.1, 0.15) is 34.6 Å². The number of ether oxygens (including phenoxy) is 2. The first-order valence-electron chi connectivity index (χ1n) is 11.7. The highest BCUT2D eigenvalue weighted by molar-refractivity contribution is 7.99. The molecular formula is C26H28N4O4S3. The summed E-state index contributed by atoms with van der Waals surface area (Å²) in [5.41, 5.74) is 4.22. The summed E-state index contributed by atoms with van der Waals surface area (Å²) in [6.45, 7) is 6.98. The maximum absolute atomic E-state index is 12.9. The number of thiophene rings is 2. The smallest absolute Gasteiger partial charge is 0.341 e. The lowest BCUT2D eigenvalue weighted by molar-refractivity contribution is -0.113. The van der Waals surface area contributed by atoms with Crippen LogP contribution in [0.25, 0.3) is 22.5 Å². The van der Waals surface area contributed by atoms with E-state index in [2.05, 4.69) is 34.7 Å². The lowest BCUT2D eigenvalue weighted by Crippen LogP contribution is -2.16. The highest BCUT2D eigenvalue weighted by Crippen LogP contribution is 2.37. The van der Waals surface area contributed by atoms with E-state index >= 15 is 0 Å². The molecular weight excluding hydrogens is 529 g/mol. The van der Waals surface area contributed by atoms with Crippen LogP contribution >= 0.6 is 34.4 Å². The number of hydrogen-bond acceptors (Lipinski definition) is 9. The second kappa shape index (κ2) is 11.9. The number of benzene rings is 1. The molecule has 0 spiro atoms. The van der Waals surface area contributed by atoms with E-state index in [1.165, 1.54) is 40.6 Å². The number of carbonyl (C=O) groups is 2. The minimum atomic E-state index is -0.511. The summed E-state index contributed by atoms with van der Waals surface area (Å²) in [7, 11) is 2.92. The van der Waals surface area contributed by atoms with Crippen LogP contribution in [0.5, 0.6) is 5.75 Å². The first kappa shape index (κ1) is 26.9. The van der Waals surface area contributed by atoms with Crippen molar-refractivity contribution in [3.05, 3.63) is 51.0 Å². The van der Waals surface area contributed by atoms with Gasteiger partial charge in [-0.2, -0.15) is 0 Å². The molecule has 11 heteroatoms. The van der Waals surface area contributed by atoms with Crippen molar-refractivity contribution < 1.29 is 19.1 Å². The van der Waals surface area contributed by atoms with Gasteiger partial charge in [0, 0.05) is 33.3 Å². The normalized spacial score (nSPS) is 10.9. The Labute approximate surface area is 228 Å². The molecule has 37 heavy (non-hydrogen) atoms. The van der Waals surface area contributed by atoms with E-state index in [1.807, 2.05) is 41.1 Å². The minimum absolute atomic E-state index is 0.123. The van der Waals surface area contributed by atoms with Crippen molar-refractivity contribution in [3.8, 4) is 28.3 Å². The summed E-state index contributed by atoms with van der Waals surface area (Å²) in [6.07, 6.45) is 0.925. The molecule has 0 atom stereocenters. The molecule has 0 saturated carbocycles. The molecule has 0 aliphatic heterocycles. The zero-order valence-electron chi connectivity index (χ0n) is 21.3. The third-order valence-corrected chi connectivity index (χ3v) is 8.71. The lowest BCUT2D eigenvalue weighted by Gasteiger charge is -2.09. The number of methoxy groups -OCH3 is 2. The average Bonchev–Trinajstić information content (AvgIpc) is 3.62. The third kappa shape index (κ3) is 5.58. The molecule has 0 fully saturated rings. The second-order valence-electron chi connectivity index (χ2n) is 8.00. The number of rotatable bonds is 10. The SMILES string of the molecule is CCc1c(-c2nnc(SCC(=O)Nc3scc(-c4ccc(OC)cc4)c3C(=O)OC)n2CC)csc1C. The number of thioether (sulfide) groups is 1. The molecule has 0 aliphatic rings. The summed E-state index contributed by atoms with van der Waals surface area (Å²) in [5.74, 6) is 0.904. The van der Waals surface area contributed by atoms with Crippen molar-refractivity contribution in [1.82, 2.24) is 14.8 Å². The number of aromatic nitrogens is 3.